The van der Waals surface area contributed by atoms with Crippen molar-refractivity contribution in [2.24, 2.45) is 23.0 Å². The van der Waals surface area contributed by atoms with E-state index in [-0.39, 0.29) is 5.41 Å². The number of fused-ring (bicyclic) bond motifs is 2. The third-order valence-electron chi connectivity index (χ3n) is 5.11. The van der Waals surface area contributed by atoms with Gasteiger partial charge in [-0.2, -0.15) is 0 Å². The summed E-state index contributed by atoms with van der Waals surface area (Å²) in [7, 11) is 0. The highest BCUT2D eigenvalue weighted by Crippen LogP contribution is 2.60. The number of hydrogen-bond donors (Lipinski definition) is 2. The summed E-state index contributed by atoms with van der Waals surface area (Å²) >= 11 is 2.30. The van der Waals surface area contributed by atoms with Gasteiger partial charge in [0.05, 0.1) is 6.10 Å². The van der Waals surface area contributed by atoms with Gasteiger partial charge in [-0.3, -0.25) is 0 Å². The molecule has 1 aromatic rings. The number of aliphatic hydroxyl groups excluding tert-OH is 1. The van der Waals surface area contributed by atoms with E-state index in [1.165, 1.54) is 22.8 Å². The Balaban J connectivity index is 1.93. The predicted molar refractivity (Wildman–Crippen MR) is 81.1 cm³/mol. The molecule has 98 valence electrons. The average Bonchev–Trinajstić information content (AvgIpc) is 2.98. The number of aliphatic hydroxyl groups is 1. The Morgan fingerprint density at radius 1 is 1.44 bits per heavy atom. The third kappa shape index (κ3) is 1.91. The third-order valence-corrected chi connectivity index (χ3v) is 5.78. The van der Waals surface area contributed by atoms with Crippen molar-refractivity contribution < 1.29 is 5.11 Å². The molecule has 4 unspecified atom stereocenters. The fraction of sp³-hybridized carbons (Fsp3) is 0.600. The largest absolute Gasteiger partial charge is 0.388 e. The molecular weight excluding hydrogens is 337 g/mol. The lowest BCUT2D eigenvalue weighted by atomic mass is 9.67. The highest BCUT2D eigenvalue weighted by molar-refractivity contribution is 14.1. The molecule has 0 radical (unpaired) electrons. The molecule has 2 fully saturated rings. The molecule has 1 aromatic carbocycles. The molecule has 0 aliphatic heterocycles. The molecule has 0 aromatic heterocycles. The second-order valence-corrected chi connectivity index (χ2v) is 7.22. The van der Waals surface area contributed by atoms with Crippen LogP contribution in [0.5, 0.6) is 0 Å². The second kappa shape index (κ2) is 4.76. The van der Waals surface area contributed by atoms with E-state index in [9.17, 15) is 5.11 Å². The van der Waals surface area contributed by atoms with Gasteiger partial charge in [-0.15, -0.1) is 0 Å². The van der Waals surface area contributed by atoms with E-state index in [0.29, 0.717) is 12.5 Å². The first-order valence-corrected chi connectivity index (χ1v) is 7.87. The van der Waals surface area contributed by atoms with Crippen molar-refractivity contribution in [2.45, 2.75) is 31.8 Å². The van der Waals surface area contributed by atoms with Crippen LogP contribution in [0.1, 0.15) is 37.4 Å². The minimum Gasteiger partial charge on any atom is -0.388 e. The van der Waals surface area contributed by atoms with Crippen LogP contribution in [0.15, 0.2) is 24.3 Å². The van der Waals surface area contributed by atoms with E-state index in [2.05, 4.69) is 34.7 Å². The summed E-state index contributed by atoms with van der Waals surface area (Å²) in [5.41, 5.74) is 7.05. The Kier molecular flexibility index (Phi) is 3.41. The molecule has 0 saturated heterocycles. The van der Waals surface area contributed by atoms with Crippen LogP contribution in [0.3, 0.4) is 0 Å². The first kappa shape index (κ1) is 12.9. The van der Waals surface area contributed by atoms with Crippen LogP contribution in [0.4, 0.5) is 0 Å². The van der Waals surface area contributed by atoms with Gasteiger partial charge in [0.1, 0.15) is 0 Å². The molecule has 2 bridgehead atoms. The molecule has 0 amide bonds. The Morgan fingerprint density at radius 2 is 2.28 bits per heavy atom. The van der Waals surface area contributed by atoms with Crippen molar-refractivity contribution in [3.05, 3.63) is 33.4 Å². The van der Waals surface area contributed by atoms with E-state index in [1.54, 1.807) is 0 Å². The first-order valence-electron chi connectivity index (χ1n) is 6.79. The van der Waals surface area contributed by atoms with Gasteiger partial charge in [-0.1, -0.05) is 18.6 Å². The maximum absolute atomic E-state index is 10.8. The first-order chi connectivity index (χ1) is 8.65. The zero-order valence-corrected chi connectivity index (χ0v) is 12.6. The van der Waals surface area contributed by atoms with Gasteiger partial charge in [0.2, 0.25) is 0 Å². The lowest BCUT2D eigenvalue weighted by Crippen LogP contribution is -2.41. The smallest absolute Gasteiger partial charge is 0.0861 e. The highest BCUT2D eigenvalue weighted by atomic mass is 127. The zero-order chi connectivity index (χ0) is 12.8. The topological polar surface area (TPSA) is 46.2 Å². The van der Waals surface area contributed by atoms with Crippen molar-refractivity contribution in [1.82, 2.24) is 0 Å². The summed E-state index contributed by atoms with van der Waals surface area (Å²) in [4.78, 5) is 0. The molecule has 2 saturated carbocycles. The van der Waals surface area contributed by atoms with E-state index in [0.717, 1.165) is 17.9 Å². The summed E-state index contributed by atoms with van der Waals surface area (Å²) < 4.78 is 1.18. The minimum atomic E-state index is -0.396. The van der Waals surface area contributed by atoms with Crippen LogP contribution < -0.4 is 5.73 Å². The number of rotatable bonds is 3. The molecule has 3 rings (SSSR count). The van der Waals surface area contributed by atoms with E-state index >= 15 is 0 Å². The number of nitrogens with two attached hydrogens (primary N) is 1. The second-order valence-electron chi connectivity index (χ2n) is 5.97. The van der Waals surface area contributed by atoms with Gasteiger partial charge in [0, 0.05) is 15.5 Å². The lowest BCUT2D eigenvalue weighted by Gasteiger charge is -2.41. The number of benzene rings is 1. The molecular formula is C15H20INO. The zero-order valence-electron chi connectivity index (χ0n) is 10.5. The standard InChI is InChI=1S/C15H20INO/c16-13-3-1-2-11(7-13)14(18)15(9-17)8-10-4-5-12(15)6-10/h1-3,7,10,12,14,18H,4-6,8-9,17H2. The van der Waals surface area contributed by atoms with Crippen molar-refractivity contribution in [3.63, 3.8) is 0 Å². The molecule has 2 aliphatic carbocycles. The van der Waals surface area contributed by atoms with Crippen LogP contribution in [-0.2, 0) is 0 Å². The molecule has 18 heavy (non-hydrogen) atoms. The Morgan fingerprint density at radius 3 is 2.83 bits per heavy atom. The van der Waals surface area contributed by atoms with E-state index in [1.807, 2.05) is 12.1 Å². The predicted octanol–water partition coefficient (Wildman–Crippen LogP) is 3.09. The normalized spacial score (nSPS) is 35.9. The minimum absolute atomic E-state index is 0.0622. The van der Waals surface area contributed by atoms with E-state index < -0.39 is 6.10 Å². The molecule has 0 heterocycles. The summed E-state index contributed by atoms with van der Waals surface area (Å²) in [6.07, 6.45) is 4.58. The number of halogens is 1. The van der Waals surface area contributed by atoms with Gasteiger partial charge in [-0.25, -0.2) is 0 Å². The monoisotopic (exact) mass is 357 g/mol. The van der Waals surface area contributed by atoms with Crippen LogP contribution in [-0.4, -0.2) is 11.7 Å². The highest BCUT2D eigenvalue weighted by Gasteiger charge is 2.54. The van der Waals surface area contributed by atoms with Gasteiger partial charge in [0.15, 0.2) is 0 Å². The summed E-state index contributed by atoms with van der Waals surface area (Å²) in [5.74, 6) is 1.43. The van der Waals surface area contributed by atoms with Gasteiger partial charge in [-0.05, 0) is 71.4 Å². The Labute approximate surface area is 122 Å². The maximum atomic E-state index is 10.8. The molecule has 3 N–H and O–H groups in total. The maximum Gasteiger partial charge on any atom is 0.0861 e. The molecule has 4 atom stereocenters. The van der Waals surface area contributed by atoms with Crippen LogP contribution in [0, 0.1) is 20.8 Å². The number of hydrogen-bond acceptors (Lipinski definition) is 2. The van der Waals surface area contributed by atoms with Crippen molar-refractivity contribution in [2.75, 3.05) is 6.54 Å². The fourth-order valence-electron chi connectivity index (χ4n) is 4.19. The molecule has 2 nitrogen and oxygen atoms in total. The van der Waals surface area contributed by atoms with Crippen molar-refractivity contribution in [1.29, 1.82) is 0 Å². The summed E-state index contributed by atoms with van der Waals surface area (Å²) in [5, 5.41) is 10.8. The molecule has 2 aliphatic rings. The Hall–Kier alpha value is -0.130. The van der Waals surface area contributed by atoms with Gasteiger partial charge in [0.25, 0.3) is 0 Å². The van der Waals surface area contributed by atoms with Crippen molar-refractivity contribution >= 4 is 22.6 Å². The molecule has 0 spiro atoms. The van der Waals surface area contributed by atoms with Crippen molar-refractivity contribution in [3.8, 4) is 0 Å². The van der Waals surface area contributed by atoms with Gasteiger partial charge >= 0.3 is 0 Å². The van der Waals surface area contributed by atoms with Crippen LogP contribution >= 0.6 is 22.6 Å². The Bertz CT molecular complexity index is 450. The fourth-order valence-corrected chi connectivity index (χ4v) is 4.76. The molecule has 3 heteroatoms. The van der Waals surface area contributed by atoms with Gasteiger partial charge < -0.3 is 10.8 Å². The van der Waals surface area contributed by atoms with Crippen LogP contribution in [0.25, 0.3) is 0 Å². The van der Waals surface area contributed by atoms with E-state index in [4.69, 9.17) is 5.73 Å². The average molecular weight is 357 g/mol. The summed E-state index contributed by atoms with van der Waals surface area (Å²) in [6, 6.07) is 8.22. The quantitative estimate of drug-likeness (QED) is 0.817. The van der Waals surface area contributed by atoms with Crippen LogP contribution in [0.2, 0.25) is 0 Å². The SMILES string of the molecule is NCC1(C(O)c2cccc(I)c2)CC2CCC1C2. The lowest BCUT2D eigenvalue weighted by molar-refractivity contribution is -0.0130. The summed E-state index contributed by atoms with van der Waals surface area (Å²) in [6.45, 7) is 0.612.